The van der Waals surface area contributed by atoms with Crippen LogP contribution in [0.25, 0.3) is 0 Å². The van der Waals surface area contributed by atoms with E-state index < -0.39 is 5.60 Å². The third kappa shape index (κ3) is 2.48. The molecule has 5 heteroatoms. The van der Waals surface area contributed by atoms with E-state index in [2.05, 4.69) is 17.1 Å². The molecule has 2 unspecified atom stereocenters. The quantitative estimate of drug-likeness (QED) is 0.791. The molecule has 0 radical (unpaired) electrons. The summed E-state index contributed by atoms with van der Waals surface area (Å²) in [4.78, 5) is 2.21. The summed E-state index contributed by atoms with van der Waals surface area (Å²) in [6, 6.07) is 6.25. The second-order valence-corrected chi connectivity index (χ2v) is 5.64. The van der Waals surface area contributed by atoms with Gasteiger partial charge in [0.05, 0.1) is 5.60 Å². The standard InChI is InChI=1S/C14H20N2O3/c1-10-6-15-7-14(2,17)8-16(10)11-3-4-12-13(5-11)19-9-18-12/h3-5,10,15,17H,6-9H2,1-2H3. The van der Waals surface area contributed by atoms with Gasteiger partial charge < -0.3 is 24.8 Å². The number of ether oxygens (including phenoxy) is 2. The summed E-state index contributed by atoms with van der Waals surface area (Å²) in [7, 11) is 0. The molecule has 0 spiro atoms. The molecular weight excluding hydrogens is 244 g/mol. The lowest BCUT2D eigenvalue weighted by atomic mass is 10.1. The topological polar surface area (TPSA) is 54.0 Å². The summed E-state index contributed by atoms with van der Waals surface area (Å²) in [5.41, 5.74) is 0.321. The first-order chi connectivity index (χ1) is 9.05. The van der Waals surface area contributed by atoms with E-state index in [1.807, 2.05) is 25.1 Å². The second kappa shape index (κ2) is 4.58. The number of benzene rings is 1. The highest BCUT2D eigenvalue weighted by Crippen LogP contribution is 2.36. The Morgan fingerprint density at radius 3 is 3.00 bits per heavy atom. The number of nitrogens with zero attached hydrogens (tertiary/aromatic N) is 1. The average Bonchev–Trinajstić information content (AvgIpc) is 2.77. The van der Waals surface area contributed by atoms with Gasteiger partial charge in [-0.05, 0) is 26.0 Å². The van der Waals surface area contributed by atoms with Crippen molar-refractivity contribution in [2.24, 2.45) is 0 Å². The molecule has 2 heterocycles. The molecule has 0 saturated carbocycles. The van der Waals surface area contributed by atoms with Crippen LogP contribution in [0.15, 0.2) is 18.2 Å². The van der Waals surface area contributed by atoms with E-state index in [4.69, 9.17) is 9.47 Å². The van der Waals surface area contributed by atoms with Gasteiger partial charge in [-0.1, -0.05) is 0 Å². The van der Waals surface area contributed by atoms with E-state index in [0.717, 1.165) is 23.7 Å². The molecule has 2 aliphatic rings. The maximum absolute atomic E-state index is 10.3. The molecule has 1 aromatic rings. The number of aliphatic hydroxyl groups is 1. The van der Waals surface area contributed by atoms with Crippen molar-refractivity contribution in [3.05, 3.63) is 18.2 Å². The van der Waals surface area contributed by atoms with Gasteiger partial charge in [0, 0.05) is 37.4 Å². The molecule has 1 saturated heterocycles. The van der Waals surface area contributed by atoms with E-state index >= 15 is 0 Å². The summed E-state index contributed by atoms with van der Waals surface area (Å²) in [6.07, 6.45) is 0. The predicted molar refractivity (Wildman–Crippen MR) is 72.9 cm³/mol. The van der Waals surface area contributed by atoms with Crippen molar-refractivity contribution in [1.82, 2.24) is 5.32 Å². The molecule has 2 N–H and O–H groups in total. The summed E-state index contributed by atoms with van der Waals surface area (Å²) in [5.74, 6) is 1.57. The first kappa shape index (κ1) is 12.6. The number of nitrogens with one attached hydrogen (secondary N) is 1. The van der Waals surface area contributed by atoms with Crippen molar-refractivity contribution in [3.63, 3.8) is 0 Å². The average molecular weight is 264 g/mol. The first-order valence-corrected chi connectivity index (χ1v) is 6.65. The number of β-amino-alcohol motifs (C(OH)–C–C–N with tert-alkyl or cyclic N) is 1. The maximum atomic E-state index is 10.3. The Morgan fingerprint density at radius 1 is 1.37 bits per heavy atom. The lowest BCUT2D eigenvalue weighted by Crippen LogP contribution is -2.45. The van der Waals surface area contributed by atoms with Gasteiger partial charge in [0.15, 0.2) is 11.5 Å². The molecule has 0 bridgehead atoms. The van der Waals surface area contributed by atoms with E-state index in [1.54, 1.807) is 0 Å². The lowest BCUT2D eigenvalue weighted by Gasteiger charge is -2.33. The second-order valence-electron chi connectivity index (χ2n) is 5.64. The molecule has 19 heavy (non-hydrogen) atoms. The SMILES string of the molecule is CC1CNCC(C)(O)CN1c1ccc2c(c1)OCO2. The monoisotopic (exact) mass is 264 g/mol. The van der Waals surface area contributed by atoms with E-state index in [9.17, 15) is 5.11 Å². The van der Waals surface area contributed by atoms with Gasteiger partial charge in [-0.2, -0.15) is 0 Å². The van der Waals surface area contributed by atoms with E-state index in [0.29, 0.717) is 19.1 Å². The summed E-state index contributed by atoms with van der Waals surface area (Å²) < 4.78 is 10.8. The van der Waals surface area contributed by atoms with Crippen LogP contribution < -0.4 is 19.7 Å². The highest BCUT2D eigenvalue weighted by molar-refractivity contribution is 5.58. The molecule has 0 amide bonds. The van der Waals surface area contributed by atoms with Crippen LogP contribution in [0.1, 0.15) is 13.8 Å². The zero-order valence-electron chi connectivity index (χ0n) is 11.3. The van der Waals surface area contributed by atoms with Crippen molar-refractivity contribution in [3.8, 4) is 11.5 Å². The minimum atomic E-state index is -0.735. The van der Waals surface area contributed by atoms with Crippen LogP contribution in [0.5, 0.6) is 11.5 Å². The first-order valence-electron chi connectivity index (χ1n) is 6.65. The minimum absolute atomic E-state index is 0.285. The van der Waals surface area contributed by atoms with E-state index in [1.165, 1.54) is 0 Å². The number of hydrogen-bond donors (Lipinski definition) is 2. The fourth-order valence-corrected chi connectivity index (χ4v) is 2.65. The van der Waals surface area contributed by atoms with Crippen molar-refractivity contribution in [1.29, 1.82) is 0 Å². The Labute approximate surface area is 113 Å². The highest BCUT2D eigenvalue weighted by Gasteiger charge is 2.30. The maximum Gasteiger partial charge on any atom is 0.231 e. The van der Waals surface area contributed by atoms with Crippen LogP contribution in [-0.2, 0) is 0 Å². The summed E-state index contributed by atoms with van der Waals surface area (Å²) in [6.45, 7) is 6.36. The fraction of sp³-hybridized carbons (Fsp3) is 0.571. The molecule has 0 aromatic heterocycles. The molecule has 2 atom stereocenters. The van der Waals surface area contributed by atoms with Crippen LogP contribution in [-0.4, -0.2) is 43.2 Å². The Bertz CT molecular complexity index is 476. The Morgan fingerprint density at radius 2 is 2.16 bits per heavy atom. The summed E-state index contributed by atoms with van der Waals surface area (Å²) >= 11 is 0. The van der Waals surface area contributed by atoms with Gasteiger partial charge in [0.2, 0.25) is 6.79 Å². The van der Waals surface area contributed by atoms with Gasteiger partial charge in [-0.3, -0.25) is 0 Å². The van der Waals surface area contributed by atoms with Gasteiger partial charge in [0.1, 0.15) is 0 Å². The molecular formula is C14H20N2O3. The van der Waals surface area contributed by atoms with Crippen molar-refractivity contribution < 1.29 is 14.6 Å². The van der Waals surface area contributed by atoms with Crippen LogP contribution in [0.4, 0.5) is 5.69 Å². The third-order valence-corrected chi connectivity index (χ3v) is 3.68. The highest BCUT2D eigenvalue weighted by atomic mass is 16.7. The number of fused-ring (bicyclic) bond motifs is 1. The van der Waals surface area contributed by atoms with Crippen molar-refractivity contribution in [2.45, 2.75) is 25.5 Å². The Kier molecular flexibility index (Phi) is 3.03. The molecule has 1 fully saturated rings. The van der Waals surface area contributed by atoms with Gasteiger partial charge in [-0.25, -0.2) is 0 Å². The number of rotatable bonds is 1. The predicted octanol–water partition coefficient (Wildman–Crippen LogP) is 0.964. The number of anilines is 1. The van der Waals surface area contributed by atoms with Gasteiger partial charge >= 0.3 is 0 Å². The molecule has 3 rings (SSSR count). The van der Waals surface area contributed by atoms with Crippen molar-refractivity contribution >= 4 is 5.69 Å². The zero-order chi connectivity index (χ0) is 13.5. The van der Waals surface area contributed by atoms with Crippen LogP contribution in [0.2, 0.25) is 0 Å². The molecule has 0 aliphatic carbocycles. The van der Waals surface area contributed by atoms with E-state index in [-0.39, 0.29) is 6.79 Å². The summed E-state index contributed by atoms with van der Waals surface area (Å²) in [5, 5.41) is 13.6. The Balaban J connectivity index is 1.90. The number of hydrogen-bond acceptors (Lipinski definition) is 5. The third-order valence-electron chi connectivity index (χ3n) is 3.68. The molecule has 2 aliphatic heterocycles. The van der Waals surface area contributed by atoms with Crippen LogP contribution in [0, 0.1) is 0 Å². The molecule has 1 aromatic carbocycles. The van der Waals surface area contributed by atoms with Gasteiger partial charge in [-0.15, -0.1) is 0 Å². The smallest absolute Gasteiger partial charge is 0.231 e. The van der Waals surface area contributed by atoms with Crippen LogP contribution in [0.3, 0.4) is 0 Å². The van der Waals surface area contributed by atoms with Crippen LogP contribution >= 0.6 is 0 Å². The largest absolute Gasteiger partial charge is 0.454 e. The lowest BCUT2D eigenvalue weighted by molar-refractivity contribution is 0.0726. The molecule has 104 valence electrons. The normalized spacial score (nSPS) is 30.3. The minimum Gasteiger partial charge on any atom is -0.454 e. The Hall–Kier alpha value is -1.46. The molecule has 5 nitrogen and oxygen atoms in total. The van der Waals surface area contributed by atoms with Gasteiger partial charge in [0.25, 0.3) is 0 Å². The van der Waals surface area contributed by atoms with Crippen molar-refractivity contribution in [2.75, 3.05) is 31.3 Å². The zero-order valence-corrected chi connectivity index (χ0v) is 11.3. The fourth-order valence-electron chi connectivity index (χ4n) is 2.65.